The molecule has 2 fully saturated rings. The lowest BCUT2D eigenvalue weighted by Crippen LogP contribution is -2.70. The molecule has 1 saturated heterocycles. The second-order valence-electron chi connectivity index (χ2n) is 5.89. The summed E-state index contributed by atoms with van der Waals surface area (Å²) in [6.07, 6.45) is 5.95. The molecule has 108 valence electrons. The molecule has 0 aromatic carbocycles. The first kappa shape index (κ1) is 14.7. The normalized spacial score (nSPS) is 39.6. The van der Waals surface area contributed by atoms with Crippen molar-refractivity contribution in [2.45, 2.75) is 69.3 Å². The van der Waals surface area contributed by atoms with Gasteiger partial charge in [0, 0.05) is 11.3 Å². The number of nitrogens with one attached hydrogen (secondary N) is 1. The molecule has 1 aliphatic heterocycles. The topological polar surface area (TPSA) is 49.4 Å². The third-order valence-electron chi connectivity index (χ3n) is 4.69. The molecule has 1 heterocycles. The quantitative estimate of drug-likeness (QED) is 0.859. The first-order valence-corrected chi connectivity index (χ1v) is 8.39. The Morgan fingerprint density at radius 3 is 2.63 bits per heavy atom. The Hall–Kier alpha value is -0.710. The summed E-state index contributed by atoms with van der Waals surface area (Å²) >= 11 is 1.87. The number of amides is 2. The zero-order chi connectivity index (χ0) is 14.2. The van der Waals surface area contributed by atoms with E-state index in [1.165, 1.54) is 0 Å². The lowest BCUT2D eigenvalue weighted by atomic mass is 9.90. The molecule has 0 spiro atoms. The van der Waals surface area contributed by atoms with Gasteiger partial charge >= 0.3 is 0 Å². The van der Waals surface area contributed by atoms with E-state index >= 15 is 0 Å². The second kappa shape index (κ2) is 5.35. The number of rotatable bonds is 3. The molecule has 0 aromatic heterocycles. The first-order chi connectivity index (χ1) is 8.92. The summed E-state index contributed by atoms with van der Waals surface area (Å²) < 4.78 is 0. The maximum absolute atomic E-state index is 12.7. The molecule has 0 bridgehead atoms. The Morgan fingerprint density at radius 2 is 2.11 bits per heavy atom. The molecule has 1 aliphatic carbocycles. The largest absolute Gasteiger partial charge is 0.340 e. The lowest BCUT2D eigenvalue weighted by molar-refractivity contribution is -0.156. The molecule has 0 aromatic rings. The molecular formula is C14H24N2O2S. The SMILES string of the molecule is CCC1(C)NC(=O)C(C)N(C2CCC(SC)C2)C1=O. The highest BCUT2D eigenvalue weighted by Crippen LogP contribution is 2.35. The van der Waals surface area contributed by atoms with E-state index in [-0.39, 0.29) is 23.9 Å². The van der Waals surface area contributed by atoms with Gasteiger partial charge in [-0.05, 0) is 45.8 Å². The molecule has 2 aliphatic rings. The van der Waals surface area contributed by atoms with Crippen LogP contribution in [0.2, 0.25) is 0 Å². The van der Waals surface area contributed by atoms with E-state index in [1.807, 2.05) is 37.4 Å². The number of piperazine rings is 1. The van der Waals surface area contributed by atoms with Gasteiger partial charge in [0.2, 0.25) is 11.8 Å². The third-order valence-corrected chi connectivity index (χ3v) is 5.79. The number of thioether (sulfide) groups is 1. The predicted octanol–water partition coefficient (Wildman–Crippen LogP) is 1.79. The highest BCUT2D eigenvalue weighted by molar-refractivity contribution is 7.99. The molecule has 0 radical (unpaired) electrons. The van der Waals surface area contributed by atoms with E-state index in [0.717, 1.165) is 19.3 Å². The summed E-state index contributed by atoms with van der Waals surface area (Å²) in [7, 11) is 0. The van der Waals surface area contributed by atoms with Crippen LogP contribution in [0, 0.1) is 0 Å². The Kier molecular flexibility index (Phi) is 4.14. The zero-order valence-corrected chi connectivity index (χ0v) is 13.0. The lowest BCUT2D eigenvalue weighted by Gasteiger charge is -2.45. The molecule has 2 amide bonds. The predicted molar refractivity (Wildman–Crippen MR) is 78.1 cm³/mol. The molecule has 1 saturated carbocycles. The van der Waals surface area contributed by atoms with Crippen LogP contribution in [0.1, 0.15) is 46.5 Å². The van der Waals surface area contributed by atoms with Gasteiger partial charge in [-0.15, -0.1) is 0 Å². The van der Waals surface area contributed by atoms with Crippen molar-refractivity contribution < 1.29 is 9.59 Å². The van der Waals surface area contributed by atoms with E-state index < -0.39 is 5.54 Å². The van der Waals surface area contributed by atoms with Crippen LogP contribution in [-0.2, 0) is 9.59 Å². The summed E-state index contributed by atoms with van der Waals surface area (Å²) in [6.45, 7) is 5.63. The summed E-state index contributed by atoms with van der Waals surface area (Å²) in [5.74, 6) is 0.0744. The smallest absolute Gasteiger partial charge is 0.248 e. The van der Waals surface area contributed by atoms with Crippen LogP contribution >= 0.6 is 11.8 Å². The van der Waals surface area contributed by atoms with E-state index in [1.54, 1.807) is 0 Å². The molecular weight excluding hydrogens is 260 g/mol. The van der Waals surface area contributed by atoms with Crippen LogP contribution in [0.4, 0.5) is 0 Å². The minimum Gasteiger partial charge on any atom is -0.340 e. The molecule has 4 unspecified atom stereocenters. The third kappa shape index (κ3) is 2.49. The number of hydrogen-bond acceptors (Lipinski definition) is 3. The minimum absolute atomic E-state index is 0.0171. The number of carbonyl (C=O) groups excluding carboxylic acids is 2. The van der Waals surface area contributed by atoms with Crippen molar-refractivity contribution in [3.8, 4) is 0 Å². The Morgan fingerprint density at radius 1 is 1.42 bits per heavy atom. The van der Waals surface area contributed by atoms with E-state index in [2.05, 4.69) is 11.6 Å². The highest BCUT2D eigenvalue weighted by Gasteiger charge is 2.48. The average molecular weight is 284 g/mol. The fourth-order valence-electron chi connectivity index (χ4n) is 3.12. The van der Waals surface area contributed by atoms with Crippen molar-refractivity contribution in [1.82, 2.24) is 10.2 Å². The van der Waals surface area contributed by atoms with Crippen LogP contribution in [0.15, 0.2) is 0 Å². The van der Waals surface area contributed by atoms with Crippen LogP contribution in [0.25, 0.3) is 0 Å². The summed E-state index contributed by atoms with van der Waals surface area (Å²) in [4.78, 5) is 26.7. The van der Waals surface area contributed by atoms with E-state index in [9.17, 15) is 9.59 Å². The highest BCUT2D eigenvalue weighted by atomic mass is 32.2. The van der Waals surface area contributed by atoms with Gasteiger partial charge in [0.25, 0.3) is 0 Å². The maximum Gasteiger partial charge on any atom is 0.248 e. The van der Waals surface area contributed by atoms with Crippen molar-refractivity contribution in [2.24, 2.45) is 0 Å². The molecule has 2 rings (SSSR count). The molecule has 4 nitrogen and oxygen atoms in total. The van der Waals surface area contributed by atoms with Gasteiger partial charge in [0.05, 0.1) is 0 Å². The van der Waals surface area contributed by atoms with Crippen molar-refractivity contribution >= 4 is 23.6 Å². The van der Waals surface area contributed by atoms with Gasteiger partial charge in [-0.2, -0.15) is 11.8 Å². The molecule has 5 heteroatoms. The Balaban J connectivity index is 2.21. The zero-order valence-electron chi connectivity index (χ0n) is 12.2. The standard InChI is InChI=1S/C14H24N2O2S/c1-5-14(3)13(18)16(9(2)12(17)15-14)10-6-7-11(8-10)19-4/h9-11H,5-8H2,1-4H3,(H,15,17). The van der Waals surface area contributed by atoms with Gasteiger partial charge in [-0.25, -0.2) is 0 Å². The molecule has 1 N–H and O–H groups in total. The Labute approximate surface area is 119 Å². The van der Waals surface area contributed by atoms with Gasteiger partial charge in [-0.1, -0.05) is 6.92 Å². The number of carbonyl (C=O) groups is 2. The number of hydrogen-bond donors (Lipinski definition) is 1. The Bertz CT molecular complexity index is 388. The fraction of sp³-hybridized carbons (Fsp3) is 0.857. The second-order valence-corrected chi connectivity index (χ2v) is 7.03. The van der Waals surface area contributed by atoms with Gasteiger partial charge in [0.1, 0.15) is 11.6 Å². The van der Waals surface area contributed by atoms with Gasteiger partial charge in [0.15, 0.2) is 0 Å². The molecule has 4 atom stereocenters. The summed E-state index contributed by atoms with van der Waals surface area (Å²) in [5, 5.41) is 3.51. The van der Waals surface area contributed by atoms with Crippen molar-refractivity contribution in [3.05, 3.63) is 0 Å². The van der Waals surface area contributed by atoms with Crippen LogP contribution < -0.4 is 5.32 Å². The van der Waals surface area contributed by atoms with Gasteiger partial charge in [-0.3, -0.25) is 9.59 Å². The van der Waals surface area contributed by atoms with Gasteiger partial charge < -0.3 is 10.2 Å². The fourth-order valence-corrected chi connectivity index (χ4v) is 3.91. The first-order valence-electron chi connectivity index (χ1n) is 7.10. The summed E-state index contributed by atoms with van der Waals surface area (Å²) in [6, 6.07) is -0.102. The average Bonchev–Trinajstić information content (AvgIpc) is 2.85. The summed E-state index contributed by atoms with van der Waals surface area (Å²) in [5.41, 5.74) is -0.721. The van der Waals surface area contributed by atoms with E-state index in [4.69, 9.17) is 0 Å². The van der Waals surface area contributed by atoms with Crippen LogP contribution in [0.5, 0.6) is 0 Å². The monoisotopic (exact) mass is 284 g/mol. The minimum atomic E-state index is -0.721. The molecule has 19 heavy (non-hydrogen) atoms. The van der Waals surface area contributed by atoms with Crippen molar-refractivity contribution in [1.29, 1.82) is 0 Å². The number of nitrogens with zero attached hydrogens (tertiary/aromatic N) is 1. The van der Waals surface area contributed by atoms with Crippen molar-refractivity contribution in [3.63, 3.8) is 0 Å². The van der Waals surface area contributed by atoms with Crippen LogP contribution in [0.3, 0.4) is 0 Å². The maximum atomic E-state index is 12.7. The van der Waals surface area contributed by atoms with E-state index in [0.29, 0.717) is 11.7 Å². The van der Waals surface area contributed by atoms with Crippen LogP contribution in [-0.4, -0.2) is 45.8 Å². The van der Waals surface area contributed by atoms with Crippen molar-refractivity contribution in [2.75, 3.05) is 6.26 Å².